The van der Waals surface area contributed by atoms with Crippen molar-refractivity contribution in [1.29, 1.82) is 5.26 Å². The molecule has 0 radical (unpaired) electrons. The van der Waals surface area contributed by atoms with Crippen LogP contribution in [0.1, 0.15) is 42.4 Å². The number of hydrogen-bond acceptors (Lipinski definition) is 5. The second-order valence-electron chi connectivity index (χ2n) is 8.23. The number of fused-ring (bicyclic) bond motifs is 1. The van der Waals surface area contributed by atoms with Crippen molar-refractivity contribution in [2.75, 3.05) is 23.0 Å². The third-order valence-electron chi connectivity index (χ3n) is 5.88. The summed E-state index contributed by atoms with van der Waals surface area (Å²) < 4.78 is 46.5. The minimum atomic E-state index is -4.76. The molecule has 2 aliphatic heterocycles. The first-order valence-corrected chi connectivity index (χ1v) is 11.5. The topological polar surface area (TPSA) is 76.8 Å². The number of carbonyl (C=O) groups excluding carboxylic acids is 1. The second-order valence-corrected chi connectivity index (χ2v) is 8.60. The van der Waals surface area contributed by atoms with Crippen LogP contribution in [0.15, 0.2) is 42.5 Å². The van der Waals surface area contributed by atoms with Crippen molar-refractivity contribution in [2.45, 2.75) is 38.0 Å². The van der Waals surface area contributed by atoms with Crippen molar-refractivity contribution in [3.8, 4) is 11.8 Å². The summed E-state index contributed by atoms with van der Waals surface area (Å²) in [6.45, 7) is 0.309. The lowest BCUT2D eigenvalue weighted by Gasteiger charge is -2.33. The van der Waals surface area contributed by atoms with Crippen molar-refractivity contribution in [3.63, 3.8) is 0 Å². The maximum Gasteiger partial charge on any atom is 0.417 e. The van der Waals surface area contributed by atoms with Gasteiger partial charge >= 0.3 is 6.18 Å². The summed E-state index contributed by atoms with van der Waals surface area (Å²) in [6, 6.07) is 10.1. The van der Waals surface area contributed by atoms with E-state index < -0.39 is 29.3 Å². The van der Waals surface area contributed by atoms with E-state index in [1.807, 2.05) is 12.1 Å². The number of aliphatic hydroxyl groups excluding tert-OH is 1. The number of amides is 1. The molecule has 2 heterocycles. The fraction of sp³-hybridized carbons (Fsp3) is 0.320. The average Bonchev–Trinajstić information content (AvgIpc) is 2.91. The summed E-state index contributed by atoms with van der Waals surface area (Å²) in [5.74, 6) is 0.173. The smallest absolute Gasteiger partial charge is 0.417 e. The molecule has 0 spiro atoms. The van der Waals surface area contributed by atoms with Gasteiger partial charge in [-0.15, -0.1) is 0 Å². The Morgan fingerprint density at radius 2 is 1.91 bits per heavy atom. The van der Waals surface area contributed by atoms with Crippen LogP contribution in [0.4, 0.5) is 24.5 Å². The molecule has 182 valence electrons. The Labute approximate surface area is 205 Å². The van der Waals surface area contributed by atoms with Gasteiger partial charge in [-0.05, 0) is 67.5 Å². The van der Waals surface area contributed by atoms with Gasteiger partial charge < -0.3 is 14.7 Å². The SMILES string of the molecule is N#Cc1ccc(N2C(=O)CCCCCN(c3ccc4c(c3)C=CC(CO)O4)C2=S)cc1C(F)(F)F. The van der Waals surface area contributed by atoms with Crippen LogP contribution in [0, 0.1) is 11.3 Å². The molecule has 6 nitrogen and oxygen atoms in total. The molecule has 2 aromatic carbocycles. The van der Waals surface area contributed by atoms with Gasteiger partial charge in [-0.3, -0.25) is 9.69 Å². The van der Waals surface area contributed by atoms with Crippen LogP contribution in [-0.2, 0) is 11.0 Å². The molecule has 2 aliphatic rings. The lowest BCUT2D eigenvalue weighted by atomic mass is 10.1. The molecule has 1 atom stereocenters. The molecule has 1 fully saturated rings. The lowest BCUT2D eigenvalue weighted by molar-refractivity contribution is -0.137. The molecule has 1 unspecified atom stereocenters. The van der Waals surface area contributed by atoms with Crippen molar-refractivity contribution < 1.29 is 27.8 Å². The number of thiocarbonyl (C=S) groups is 1. The van der Waals surface area contributed by atoms with Crippen LogP contribution in [0.25, 0.3) is 6.08 Å². The van der Waals surface area contributed by atoms with Gasteiger partial charge in [-0.25, -0.2) is 0 Å². The second kappa shape index (κ2) is 10.1. The molecule has 0 saturated carbocycles. The van der Waals surface area contributed by atoms with E-state index in [-0.39, 0.29) is 23.8 Å². The van der Waals surface area contributed by atoms with E-state index in [1.165, 1.54) is 6.07 Å². The molecule has 0 aromatic heterocycles. The molecule has 2 aromatic rings. The Hall–Kier alpha value is -3.42. The summed E-state index contributed by atoms with van der Waals surface area (Å²) in [7, 11) is 0. The quantitative estimate of drug-likeness (QED) is 0.594. The first-order valence-electron chi connectivity index (χ1n) is 11.1. The monoisotopic (exact) mass is 501 g/mol. The van der Waals surface area contributed by atoms with Crippen LogP contribution in [0.3, 0.4) is 0 Å². The van der Waals surface area contributed by atoms with Gasteiger partial charge in [0.2, 0.25) is 5.91 Å². The number of carbonyl (C=O) groups is 1. The third-order valence-corrected chi connectivity index (χ3v) is 6.29. The van der Waals surface area contributed by atoms with Crippen molar-refractivity contribution in [2.24, 2.45) is 0 Å². The number of alkyl halides is 3. The summed E-state index contributed by atoms with van der Waals surface area (Å²) in [5.41, 5.74) is -0.262. The van der Waals surface area contributed by atoms with Crippen LogP contribution >= 0.6 is 12.2 Å². The Balaban J connectivity index is 1.75. The fourth-order valence-electron chi connectivity index (χ4n) is 4.11. The Morgan fingerprint density at radius 1 is 1.14 bits per heavy atom. The van der Waals surface area contributed by atoms with Crippen molar-refractivity contribution >= 4 is 40.7 Å². The standard InChI is InChI=1S/C25H22F3N3O3S/c26-25(27,28)21-13-19(7-5-17(21)14-29)31-23(33)4-2-1-3-11-30(24(31)35)18-8-10-22-16(12-18)6-9-20(15-32)34-22/h5-10,12-13,20,32H,1-4,11,15H2. The van der Waals surface area contributed by atoms with Gasteiger partial charge in [0.1, 0.15) is 11.9 Å². The van der Waals surface area contributed by atoms with Crippen LogP contribution in [-0.4, -0.2) is 35.4 Å². The zero-order valence-electron chi connectivity index (χ0n) is 18.6. The highest BCUT2D eigenvalue weighted by Gasteiger charge is 2.36. The molecule has 1 N–H and O–H groups in total. The van der Waals surface area contributed by atoms with Crippen LogP contribution in [0.5, 0.6) is 5.75 Å². The number of anilines is 2. The van der Waals surface area contributed by atoms with Gasteiger partial charge in [0, 0.05) is 24.2 Å². The minimum absolute atomic E-state index is 0.0369. The first kappa shape index (κ1) is 24.7. The molecule has 4 rings (SSSR count). The number of benzene rings is 2. The Kier molecular flexibility index (Phi) is 7.10. The molecular formula is C25H22F3N3O3S. The van der Waals surface area contributed by atoms with E-state index in [9.17, 15) is 23.1 Å². The highest BCUT2D eigenvalue weighted by molar-refractivity contribution is 7.81. The molecule has 10 heteroatoms. The number of halogens is 3. The number of ether oxygens (including phenoxy) is 1. The summed E-state index contributed by atoms with van der Waals surface area (Å²) in [6.07, 6.45) is 0.561. The van der Waals surface area contributed by atoms with Gasteiger partial charge in [-0.2, -0.15) is 18.4 Å². The lowest BCUT2D eigenvalue weighted by Crippen LogP contribution is -2.46. The molecule has 1 amide bonds. The zero-order valence-corrected chi connectivity index (χ0v) is 19.4. The maximum absolute atomic E-state index is 13.6. The van der Waals surface area contributed by atoms with E-state index in [1.54, 1.807) is 29.2 Å². The van der Waals surface area contributed by atoms with Gasteiger partial charge in [0.15, 0.2) is 5.11 Å². The van der Waals surface area contributed by atoms with E-state index in [4.69, 9.17) is 22.2 Å². The number of aliphatic hydroxyl groups is 1. The van der Waals surface area contributed by atoms with Gasteiger partial charge in [0.25, 0.3) is 0 Å². The number of nitriles is 1. The molecule has 0 bridgehead atoms. The molecule has 1 saturated heterocycles. The van der Waals surface area contributed by atoms with E-state index in [0.717, 1.165) is 35.4 Å². The summed E-state index contributed by atoms with van der Waals surface area (Å²) in [4.78, 5) is 16.0. The highest BCUT2D eigenvalue weighted by atomic mass is 32.1. The van der Waals surface area contributed by atoms with Crippen molar-refractivity contribution in [3.05, 3.63) is 59.2 Å². The summed E-state index contributed by atoms with van der Waals surface area (Å²) >= 11 is 5.69. The average molecular weight is 502 g/mol. The predicted molar refractivity (Wildman–Crippen MR) is 129 cm³/mol. The minimum Gasteiger partial charge on any atom is -0.483 e. The molecule has 0 aliphatic carbocycles. The highest BCUT2D eigenvalue weighted by Crippen LogP contribution is 2.36. The number of rotatable bonds is 3. The van der Waals surface area contributed by atoms with Gasteiger partial charge in [0.05, 0.1) is 29.5 Å². The molecule has 35 heavy (non-hydrogen) atoms. The zero-order chi connectivity index (χ0) is 25.2. The van der Waals surface area contributed by atoms with E-state index in [0.29, 0.717) is 24.4 Å². The maximum atomic E-state index is 13.6. The van der Waals surface area contributed by atoms with Crippen LogP contribution in [0.2, 0.25) is 0 Å². The Bertz CT molecular complexity index is 1220. The predicted octanol–water partition coefficient (Wildman–Crippen LogP) is 5.04. The fourth-order valence-corrected chi connectivity index (χ4v) is 4.51. The third kappa shape index (κ3) is 5.16. The largest absolute Gasteiger partial charge is 0.483 e. The normalized spacial score (nSPS) is 18.8. The number of nitrogens with zero attached hydrogens (tertiary/aromatic N) is 3. The Morgan fingerprint density at radius 3 is 2.63 bits per heavy atom. The van der Waals surface area contributed by atoms with Crippen LogP contribution < -0.4 is 14.5 Å². The summed E-state index contributed by atoms with van der Waals surface area (Å²) in [5, 5.41) is 18.5. The molecular weight excluding hydrogens is 479 g/mol. The van der Waals surface area contributed by atoms with E-state index in [2.05, 4.69) is 0 Å². The van der Waals surface area contributed by atoms with Crippen molar-refractivity contribution in [1.82, 2.24) is 0 Å². The van der Waals surface area contributed by atoms with E-state index >= 15 is 0 Å². The number of hydrogen-bond donors (Lipinski definition) is 1. The first-order chi connectivity index (χ1) is 16.7. The van der Waals surface area contributed by atoms with Gasteiger partial charge in [-0.1, -0.05) is 12.5 Å².